The molecule has 0 unspecified atom stereocenters. The molecule has 0 atom stereocenters. The lowest BCUT2D eigenvalue weighted by atomic mass is 10.1. The van der Waals surface area contributed by atoms with Crippen molar-refractivity contribution in [2.24, 2.45) is 5.73 Å². The average molecular weight is 274 g/mol. The molecule has 0 fully saturated rings. The number of alkyl halides is 3. The predicted octanol–water partition coefficient (Wildman–Crippen LogP) is 2.21. The molecule has 0 bridgehead atoms. The van der Waals surface area contributed by atoms with Crippen molar-refractivity contribution in [2.75, 3.05) is 19.6 Å². The van der Waals surface area contributed by atoms with Crippen LogP contribution in [-0.2, 0) is 6.42 Å². The fraction of sp³-hybridized carbons (Fsp3) is 0.462. The molecule has 19 heavy (non-hydrogen) atoms. The second-order valence-electron chi connectivity index (χ2n) is 4.18. The van der Waals surface area contributed by atoms with Crippen LogP contribution in [0.2, 0.25) is 0 Å². The highest BCUT2D eigenvalue weighted by atomic mass is 19.4. The van der Waals surface area contributed by atoms with Gasteiger partial charge >= 0.3 is 6.18 Å². The largest absolute Gasteiger partial charge is 0.406 e. The highest BCUT2D eigenvalue weighted by Crippen LogP contribution is 2.18. The summed E-state index contributed by atoms with van der Waals surface area (Å²) < 4.78 is 37.2. The van der Waals surface area contributed by atoms with Gasteiger partial charge < -0.3 is 10.6 Å². The summed E-state index contributed by atoms with van der Waals surface area (Å²) in [6, 6.07) is 6.56. The molecule has 0 saturated heterocycles. The lowest BCUT2D eigenvalue weighted by molar-refractivity contribution is -0.140. The van der Waals surface area contributed by atoms with Crippen LogP contribution in [0, 0.1) is 0 Å². The maximum atomic E-state index is 12.4. The lowest BCUT2D eigenvalue weighted by Gasteiger charge is -2.23. The van der Waals surface area contributed by atoms with Gasteiger partial charge in [0.15, 0.2) is 0 Å². The van der Waals surface area contributed by atoms with Crippen LogP contribution in [0.25, 0.3) is 0 Å². The van der Waals surface area contributed by atoms with E-state index in [0.29, 0.717) is 0 Å². The fourth-order valence-corrected chi connectivity index (χ4v) is 1.69. The molecule has 0 heterocycles. The molecule has 0 aromatic heterocycles. The maximum absolute atomic E-state index is 12.4. The van der Waals surface area contributed by atoms with Crippen molar-refractivity contribution in [3.05, 3.63) is 35.4 Å². The van der Waals surface area contributed by atoms with Crippen molar-refractivity contribution in [2.45, 2.75) is 19.5 Å². The molecular formula is C13H17F3N2O. The third kappa shape index (κ3) is 4.90. The maximum Gasteiger partial charge on any atom is 0.406 e. The van der Waals surface area contributed by atoms with E-state index in [1.807, 2.05) is 6.92 Å². The van der Waals surface area contributed by atoms with Gasteiger partial charge in [0, 0.05) is 18.7 Å². The van der Waals surface area contributed by atoms with Gasteiger partial charge in [-0.15, -0.1) is 0 Å². The van der Waals surface area contributed by atoms with Gasteiger partial charge in [0.2, 0.25) is 0 Å². The number of rotatable bonds is 5. The highest BCUT2D eigenvalue weighted by Gasteiger charge is 2.32. The molecule has 0 aliphatic carbocycles. The van der Waals surface area contributed by atoms with E-state index in [2.05, 4.69) is 0 Å². The van der Waals surface area contributed by atoms with Crippen LogP contribution in [-0.4, -0.2) is 36.6 Å². The average Bonchev–Trinajstić information content (AvgIpc) is 2.36. The van der Waals surface area contributed by atoms with E-state index < -0.39 is 18.6 Å². The summed E-state index contributed by atoms with van der Waals surface area (Å²) in [5.74, 6) is -0.648. The monoisotopic (exact) mass is 274 g/mol. The van der Waals surface area contributed by atoms with Gasteiger partial charge in [-0.3, -0.25) is 4.79 Å². The summed E-state index contributed by atoms with van der Waals surface area (Å²) in [5, 5.41) is 0. The molecule has 1 rings (SSSR count). The Bertz CT molecular complexity index is 415. The van der Waals surface area contributed by atoms with Crippen LogP contribution < -0.4 is 5.73 Å². The summed E-state index contributed by atoms with van der Waals surface area (Å²) in [6.07, 6.45) is -3.61. The summed E-state index contributed by atoms with van der Waals surface area (Å²) in [7, 11) is 0. The Morgan fingerprint density at radius 2 is 1.84 bits per heavy atom. The first-order chi connectivity index (χ1) is 8.87. The van der Waals surface area contributed by atoms with Crippen molar-refractivity contribution >= 4 is 5.91 Å². The summed E-state index contributed by atoms with van der Waals surface area (Å²) >= 11 is 0. The van der Waals surface area contributed by atoms with Gasteiger partial charge in [0.05, 0.1) is 0 Å². The minimum Gasteiger partial charge on any atom is -0.329 e. The second-order valence-corrected chi connectivity index (χ2v) is 4.18. The van der Waals surface area contributed by atoms with Crippen LogP contribution in [0.15, 0.2) is 24.3 Å². The number of hydrogen-bond donors (Lipinski definition) is 1. The first-order valence-corrected chi connectivity index (χ1v) is 6.02. The van der Waals surface area contributed by atoms with Gasteiger partial charge in [0.1, 0.15) is 6.54 Å². The molecule has 0 radical (unpaired) electrons. The number of aryl methyl sites for hydroxylation is 1. The number of carbonyl (C=O) groups is 1. The number of nitrogens with two attached hydrogens (primary N) is 1. The van der Waals surface area contributed by atoms with Crippen molar-refractivity contribution in [3.8, 4) is 0 Å². The zero-order valence-electron chi connectivity index (χ0n) is 10.7. The SMILES string of the molecule is CCc1ccc(C(=O)N(CCN)CC(F)(F)F)cc1. The molecule has 2 N–H and O–H groups in total. The van der Waals surface area contributed by atoms with Crippen LogP contribution >= 0.6 is 0 Å². The Morgan fingerprint density at radius 1 is 1.26 bits per heavy atom. The molecule has 0 spiro atoms. The van der Waals surface area contributed by atoms with Gasteiger partial charge in [-0.2, -0.15) is 13.2 Å². The number of amides is 1. The minimum atomic E-state index is -4.42. The topological polar surface area (TPSA) is 46.3 Å². The first-order valence-electron chi connectivity index (χ1n) is 6.02. The standard InChI is InChI=1S/C13H17F3N2O/c1-2-10-3-5-11(6-4-10)12(19)18(8-7-17)9-13(14,15)16/h3-6H,2,7-9,17H2,1H3. The van der Waals surface area contributed by atoms with E-state index in [-0.39, 0.29) is 18.7 Å². The van der Waals surface area contributed by atoms with Crippen molar-refractivity contribution in [1.82, 2.24) is 4.90 Å². The Balaban J connectivity index is 2.85. The number of hydrogen-bond acceptors (Lipinski definition) is 2. The first kappa shape index (κ1) is 15.5. The molecule has 1 aromatic rings. The Morgan fingerprint density at radius 3 is 2.26 bits per heavy atom. The summed E-state index contributed by atoms with van der Waals surface area (Å²) in [4.78, 5) is 12.7. The molecular weight excluding hydrogens is 257 g/mol. The van der Waals surface area contributed by atoms with E-state index in [1.165, 1.54) is 0 Å². The molecule has 0 aliphatic rings. The summed E-state index contributed by atoms with van der Waals surface area (Å²) in [6.45, 7) is 0.558. The third-order valence-electron chi connectivity index (χ3n) is 2.67. The third-order valence-corrected chi connectivity index (χ3v) is 2.67. The Kier molecular flexibility index (Phi) is 5.35. The van der Waals surface area contributed by atoms with Crippen molar-refractivity contribution in [1.29, 1.82) is 0 Å². The lowest BCUT2D eigenvalue weighted by Crippen LogP contribution is -2.41. The van der Waals surface area contributed by atoms with E-state index >= 15 is 0 Å². The predicted molar refractivity (Wildman–Crippen MR) is 66.8 cm³/mol. The molecule has 1 aromatic carbocycles. The van der Waals surface area contributed by atoms with E-state index in [9.17, 15) is 18.0 Å². The van der Waals surface area contributed by atoms with Crippen LogP contribution in [0.5, 0.6) is 0 Å². The zero-order valence-corrected chi connectivity index (χ0v) is 10.7. The number of benzene rings is 1. The minimum absolute atomic E-state index is 0.00510. The number of nitrogens with zero attached hydrogens (tertiary/aromatic N) is 1. The van der Waals surface area contributed by atoms with E-state index in [1.54, 1.807) is 24.3 Å². The van der Waals surface area contributed by atoms with Crippen LogP contribution in [0.1, 0.15) is 22.8 Å². The molecule has 1 amide bonds. The van der Waals surface area contributed by atoms with Gasteiger partial charge in [-0.05, 0) is 24.1 Å². The Labute approximate surface area is 110 Å². The molecule has 3 nitrogen and oxygen atoms in total. The molecule has 0 saturated carbocycles. The molecule has 0 aliphatic heterocycles. The quantitative estimate of drug-likeness (QED) is 0.894. The zero-order chi connectivity index (χ0) is 14.5. The van der Waals surface area contributed by atoms with Gasteiger partial charge in [-0.25, -0.2) is 0 Å². The smallest absolute Gasteiger partial charge is 0.329 e. The van der Waals surface area contributed by atoms with Gasteiger partial charge in [0.25, 0.3) is 5.91 Å². The Hall–Kier alpha value is -1.56. The van der Waals surface area contributed by atoms with Gasteiger partial charge in [-0.1, -0.05) is 19.1 Å². The fourth-order valence-electron chi connectivity index (χ4n) is 1.69. The molecule has 106 valence electrons. The number of carbonyl (C=O) groups excluding carboxylic acids is 1. The van der Waals surface area contributed by atoms with Crippen molar-refractivity contribution < 1.29 is 18.0 Å². The molecule has 6 heteroatoms. The normalized spacial score (nSPS) is 11.4. The van der Waals surface area contributed by atoms with E-state index in [0.717, 1.165) is 16.9 Å². The number of halogens is 3. The van der Waals surface area contributed by atoms with Crippen LogP contribution in [0.3, 0.4) is 0 Å². The van der Waals surface area contributed by atoms with Crippen molar-refractivity contribution in [3.63, 3.8) is 0 Å². The van der Waals surface area contributed by atoms with E-state index in [4.69, 9.17) is 5.73 Å². The summed E-state index contributed by atoms with van der Waals surface area (Å²) in [5.41, 5.74) is 6.52. The van der Waals surface area contributed by atoms with Crippen LogP contribution in [0.4, 0.5) is 13.2 Å². The highest BCUT2D eigenvalue weighted by molar-refractivity contribution is 5.94. The second kappa shape index (κ2) is 6.56.